The quantitative estimate of drug-likeness (QED) is 0.0846. The smallest absolute Gasteiger partial charge is 0.214 e. The van der Waals surface area contributed by atoms with Gasteiger partial charge in [-0.25, -0.2) is 24.3 Å². The molecule has 0 saturated heterocycles. The second-order valence-corrected chi connectivity index (χ2v) is 58.4. The zero-order valence-corrected chi connectivity index (χ0v) is 43.7. The van der Waals surface area contributed by atoms with Crippen LogP contribution in [-0.2, 0) is 34.1 Å². The molecule has 8 aromatic carbocycles. The first-order valence-corrected chi connectivity index (χ1v) is 39.9. The molecule has 0 fully saturated rings. The molecule has 0 atom stereocenters. The van der Waals surface area contributed by atoms with Gasteiger partial charge in [-0.15, -0.1) is 0 Å². The summed E-state index contributed by atoms with van der Waals surface area (Å²) in [7, 11) is -3.61. The molecule has 0 aliphatic carbocycles. The molecule has 0 aromatic heterocycles. The van der Waals surface area contributed by atoms with Crippen molar-refractivity contribution in [3.63, 3.8) is 0 Å². The molecule has 57 heavy (non-hydrogen) atoms. The Labute approximate surface area is 375 Å². The Morgan fingerprint density at radius 3 is 0.825 bits per heavy atom. The second-order valence-electron chi connectivity index (χ2n) is 16.2. The average molecular weight is 1070 g/mol. The molecule has 0 bridgehead atoms. The first-order valence-electron chi connectivity index (χ1n) is 19.8. The molecule has 8 aromatic rings. The molecule has 0 aliphatic heterocycles. The summed E-state index contributed by atoms with van der Waals surface area (Å²) in [4.78, 5) is 0. The Kier molecular flexibility index (Phi) is 18.7. The normalized spacial score (nSPS) is 11.4. The number of benzene rings is 4. The number of hydrogen-bond donors (Lipinski definition) is 0. The van der Waals surface area contributed by atoms with Crippen LogP contribution in [0.3, 0.4) is 0 Å². The summed E-state index contributed by atoms with van der Waals surface area (Å²) in [5.74, 6) is 0. The molecule has 0 N–H and O–H groups in total. The molecular weight excluding hydrogens is 1020 g/mol. The molecule has 0 saturated carbocycles. The molecule has 292 valence electrons. The monoisotopic (exact) mass is 1080 g/mol. The van der Waals surface area contributed by atoms with E-state index < -0.39 is 52.9 Å². The van der Waals surface area contributed by atoms with Gasteiger partial charge in [-0.2, -0.15) is 36.4 Å². The molecule has 0 aliphatic rings. The molecule has 0 heterocycles. The van der Waals surface area contributed by atoms with Crippen LogP contribution in [0.15, 0.2) is 231 Å². The maximum atomic E-state index is 2.66. The van der Waals surface area contributed by atoms with Crippen LogP contribution >= 0.6 is 0 Å². The van der Waals surface area contributed by atoms with Crippen molar-refractivity contribution in [3.05, 3.63) is 231 Å². The fourth-order valence-corrected chi connectivity index (χ4v) is 120. The van der Waals surface area contributed by atoms with E-state index in [2.05, 4.69) is 196 Å². The van der Waals surface area contributed by atoms with Crippen molar-refractivity contribution in [2.45, 2.75) is 36.8 Å². The Bertz CT molecular complexity index is 1890. The van der Waals surface area contributed by atoms with Crippen molar-refractivity contribution in [2.24, 2.45) is 0 Å². The van der Waals surface area contributed by atoms with Crippen molar-refractivity contribution >= 4 is 77.6 Å². The first kappa shape index (κ1) is 47.0. The van der Waals surface area contributed by atoms with E-state index in [1.54, 1.807) is 24.7 Å². The van der Waals surface area contributed by atoms with E-state index in [-0.39, 0.29) is 34.1 Å². The van der Waals surface area contributed by atoms with Crippen LogP contribution in [0.4, 0.5) is 0 Å². The maximum absolute atomic E-state index is 3.49. The summed E-state index contributed by atoms with van der Waals surface area (Å²) >= 11 is -6.98. The van der Waals surface area contributed by atoms with Gasteiger partial charge in [-0.3, -0.25) is 0 Å². The first-order chi connectivity index (χ1) is 26.8. The maximum Gasteiger partial charge on any atom is 2.00 e. The number of hydrogen-bond acceptors (Lipinski definition) is 0. The van der Waals surface area contributed by atoms with Crippen LogP contribution in [0.1, 0.15) is 0 Å². The standard InChI is InChI=1S/2C8H12Si.4C6H5.2C5H5.CH2.2Fe.2Sn/c2*1-9(2,3)8-6-4-5-7-8;4*1-2-4-6-5-3-1;2*1-2-4-5-3-1;;;;;/h2*4-7H,1H2,2-3H3;4*1-5H;2*1-5H;1H2;;;;/q2*-1;;;;;2*-1;;2*+2;;. The summed E-state index contributed by atoms with van der Waals surface area (Å²) in [5.41, 5.74) is 0. The average Bonchev–Trinajstić information content (AvgIpc) is 4.08. The van der Waals surface area contributed by atoms with Crippen LogP contribution < -0.4 is 24.7 Å². The van der Waals surface area contributed by atoms with Gasteiger partial charge in [0.2, 0.25) is 0 Å². The summed E-state index contributed by atoms with van der Waals surface area (Å²) in [6.45, 7) is 10.6. The van der Waals surface area contributed by atoms with Gasteiger partial charge in [0.15, 0.2) is 0 Å². The van der Waals surface area contributed by atoms with Gasteiger partial charge in [0, 0.05) is 0 Å². The summed E-state index contributed by atoms with van der Waals surface area (Å²) in [6, 6.07) is 86.5. The third-order valence-corrected chi connectivity index (χ3v) is 86.6. The van der Waals surface area contributed by atoms with Crippen molar-refractivity contribution in [1.29, 1.82) is 0 Å². The van der Waals surface area contributed by atoms with Crippen LogP contribution in [0.25, 0.3) is 0 Å². The van der Waals surface area contributed by atoms with Gasteiger partial charge in [-0.05, 0) is 0 Å². The van der Waals surface area contributed by atoms with E-state index in [1.807, 2.05) is 60.7 Å². The van der Waals surface area contributed by atoms with Gasteiger partial charge in [-0.1, -0.05) is 0 Å². The zero-order chi connectivity index (χ0) is 38.5. The predicted octanol–water partition coefficient (Wildman–Crippen LogP) is 9.61. The van der Waals surface area contributed by atoms with Gasteiger partial charge >= 0.3 is 318 Å². The summed E-state index contributed by atoms with van der Waals surface area (Å²) in [6.07, 6.45) is 0. The van der Waals surface area contributed by atoms with Crippen molar-refractivity contribution in [3.8, 4) is 0 Å². The minimum Gasteiger partial charge on any atom is -0.214 e. The minimum atomic E-state index is -3.49. The molecule has 6 heteroatoms. The van der Waals surface area contributed by atoms with Crippen LogP contribution in [0.5, 0.6) is 0 Å². The Morgan fingerprint density at radius 2 is 0.614 bits per heavy atom. The van der Waals surface area contributed by atoms with E-state index >= 15 is 0 Å². The molecule has 8 rings (SSSR count). The molecule has 0 nitrogen and oxygen atoms in total. The molecule has 0 spiro atoms. The Morgan fingerprint density at radius 1 is 0.368 bits per heavy atom. The largest absolute Gasteiger partial charge is 2.00 e. The molecule has 0 radical (unpaired) electrons. The second kappa shape index (κ2) is 22.6. The van der Waals surface area contributed by atoms with Crippen molar-refractivity contribution < 1.29 is 34.1 Å². The molecule has 0 unspecified atom stereocenters. The predicted molar refractivity (Wildman–Crippen MR) is 253 cm³/mol. The minimum absolute atomic E-state index is 0. The third kappa shape index (κ3) is 12.2. The summed E-state index contributed by atoms with van der Waals surface area (Å²) in [5, 5.41) is 3.23. The molecular formula is C51H56Fe2Si2Sn2. The summed E-state index contributed by atoms with van der Waals surface area (Å²) < 4.78 is 10.9. The van der Waals surface area contributed by atoms with Gasteiger partial charge in [0.25, 0.3) is 0 Å². The fraction of sp³-hybridized carbons (Fsp3) is 0.137. The van der Waals surface area contributed by atoms with Crippen LogP contribution in [0.2, 0.25) is 36.8 Å². The zero-order valence-electron chi connectivity index (χ0n) is 33.8. The van der Waals surface area contributed by atoms with E-state index in [0.29, 0.717) is 0 Å². The van der Waals surface area contributed by atoms with E-state index in [4.69, 9.17) is 0 Å². The van der Waals surface area contributed by atoms with Crippen LogP contribution in [0, 0.1) is 0 Å². The Balaban J connectivity index is 0.000000523. The third-order valence-electron chi connectivity index (χ3n) is 11.4. The SMILES string of the molecule is C[Si](C)([CH2][Sn]([CH2][Sn]([CH2][Si](C)(C)[c-]1cccc1)([c]1ccccc1)[c]1ccccc1)([c]1ccccc1)[c]1ccccc1)[c-]1cccc1.[Fe+2].[Fe+2].c1cc[cH-]c1.c1cc[cH-]c1. The van der Waals surface area contributed by atoms with Gasteiger partial charge in [0.05, 0.1) is 0 Å². The van der Waals surface area contributed by atoms with Gasteiger partial charge < -0.3 is 0 Å². The molecule has 0 amide bonds. The number of rotatable bonds is 12. The fourth-order valence-electron chi connectivity index (χ4n) is 8.82. The van der Waals surface area contributed by atoms with Crippen molar-refractivity contribution in [1.82, 2.24) is 0 Å². The van der Waals surface area contributed by atoms with E-state index in [9.17, 15) is 0 Å². The van der Waals surface area contributed by atoms with Crippen molar-refractivity contribution in [2.75, 3.05) is 0 Å². The van der Waals surface area contributed by atoms with E-state index in [0.717, 1.165) is 0 Å². The van der Waals surface area contributed by atoms with Gasteiger partial charge in [0.1, 0.15) is 0 Å². The van der Waals surface area contributed by atoms with Crippen LogP contribution in [-0.4, -0.2) is 52.9 Å². The Hall–Kier alpha value is -2.65. The van der Waals surface area contributed by atoms with E-state index in [1.165, 1.54) is 10.6 Å². The topological polar surface area (TPSA) is 0 Å².